The molecule has 2 heteroatoms. The Kier molecular flexibility index (Phi) is 3.16. The fraction of sp³-hybridized carbons (Fsp3) is 0.143. The average Bonchev–Trinajstić information content (AvgIpc) is 2.28. The van der Waals surface area contributed by atoms with Gasteiger partial charge in [-0.1, -0.05) is 35.9 Å². The summed E-state index contributed by atoms with van der Waals surface area (Å²) in [4.78, 5) is 0. The quantitative estimate of drug-likeness (QED) is 0.790. The molecule has 0 aliphatic rings. The Morgan fingerprint density at radius 1 is 0.875 bits per heavy atom. The molecule has 82 valence electrons. The smallest absolute Gasteiger partial charge is 0.0455 e. The summed E-state index contributed by atoms with van der Waals surface area (Å²) in [7, 11) is 0. The van der Waals surface area contributed by atoms with Crippen molar-refractivity contribution in [3.63, 3.8) is 0 Å². The highest BCUT2D eigenvalue weighted by Gasteiger charge is 2.03. The first-order valence-corrected chi connectivity index (χ1v) is 5.64. The molecule has 1 N–H and O–H groups in total. The summed E-state index contributed by atoms with van der Waals surface area (Å²) in [5.74, 6) is 0. The van der Waals surface area contributed by atoms with E-state index in [1.807, 2.05) is 37.3 Å². The average molecular weight is 232 g/mol. The minimum Gasteiger partial charge on any atom is -0.355 e. The van der Waals surface area contributed by atoms with Crippen molar-refractivity contribution in [3.8, 4) is 0 Å². The Morgan fingerprint density at radius 2 is 1.56 bits per heavy atom. The van der Waals surface area contributed by atoms with Gasteiger partial charge in [-0.15, -0.1) is 0 Å². The Hall–Kier alpha value is -1.47. The molecule has 0 saturated carbocycles. The van der Waals surface area contributed by atoms with Crippen LogP contribution in [0.2, 0.25) is 5.02 Å². The summed E-state index contributed by atoms with van der Waals surface area (Å²) in [5.41, 5.74) is 4.48. The third kappa shape index (κ3) is 2.20. The van der Waals surface area contributed by atoms with Gasteiger partial charge in [-0.05, 0) is 43.2 Å². The van der Waals surface area contributed by atoms with Gasteiger partial charge in [-0.3, -0.25) is 0 Å². The van der Waals surface area contributed by atoms with Gasteiger partial charge in [-0.2, -0.15) is 0 Å². The van der Waals surface area contributed by atoms with Gasteiger partial charge in [0.05, 0.1) is 0 Å². The van der Waals surface area contributed by atoms with Crippen LogP contribution in [0.1, 0.15) is 11.1 Å². The number of hydrogen-bond donors (Lipinski definition) is 1. The molecule has 16 heavy (non-hydrogen) atoms. The third-order valence-corrected chi connectivity index (χ3v) is 3.09. The van der Waals surface area contributed by atoms with E-state index in [4.69, 9.17) is 11.6 Å². The maximum Gasteiger partial charge on any atom is 0.0455 e. The molecular weight excluding hydrogens is 218 g/mol. The van der Waals surface area contributed by atoms with Gasteiger partial charge < -0.3 is 5.32 Å². The van der Waals surface area contributed by atoms with Crippen molar-refractivity contribution in [3.05, 3.63) is 58.6 Å². The lowest BCUT2D eigenvalue weighted by atomic mass is 10.1. The summed E-state index contributed by atoms with van der Waals surface area (Å²) < 4.78 is 0. The van der Waals surface area contributed by atoms with E-state index in [-0.39, 0.29) is 0 Å². The predicted molar refractivity (Wildman–Crippen MR) is 70.7 cm³/mol. The summed E-state index contributed by atoms with van der Waals surface area (Å²) in [6, 6.07) is 14.1. The Balaban J connectivity index is 2.35. The molecule has 0 saturated heterocycles. The molecule has 0 heterocycles. The topological polar surface area (TPSA) is 12.0 Å². The van der Waals surface area contributed by atoms with Crippen molar-refractivity contribution >= 4 is 23.0 Å². The molecule has 1 nitrogen and oxygen atoms in total. The molecule has 0 bridgehead atoms. The van der Waals surface area contributed by atoms with Gasteiger partial charge in [0.2, 0.25) is 0 Å². The lowest BCUT2D eigenvalue weighted by Gasteiger charge is -2.12. The molecule has 0 amide bonds. The van der Waals surface area contributed by atoms with Crippen molar-refractivity contribution in [1.29, 1.82) is 0 Å². The SMILES string of the molecule is Cc1ccccc1Nc1cccc(Cl)c1C. The largest absolute Gasteiger partial charge is 0.355 e. The van der Waals surface area contributed by atoms with Crippen LogP contribution in [0.4, 0.5) is 11.4 Å². The highest BCUT2D eigenvalue weighted by atomic mass is 35.5. The normalized spacial score (nSPS) is 10.2. The summed E-state index contributed by atoms with van der Waals surface area (Å²) in [6.45, 7) is 4.10. The van der Waals surface area contributed by atoms with Gasteiger partial charge in [0.1, 0.15) is 0 Å². The van der Waals surface area contributed by atoms with E-state index in [0.717, 1.165) is 22.0 Å². The lowest BCUT2D eigenvalue weighted by molar-refractivity contribution is 1.39. The van der Waals surface area contributed by atoms with E-state index in [1.54, 1.807) is 0 Å². The van der Waals surface area contributed by atoms with Crippen LogP contribution in [0.15, 0.2) is 42.5 Å². The number of para-hydroxylation sites is 1. The number of aryl methyl sites for hydroxylation is 1. The molecule has 0 unspecified atom stereocenters. The fourth-order valence-corrected chi connectivity index (χ4v) is 1.78. The van der Waals surface area contributed by atoms with E-state index < -0.39 is 0 Å². The Labute approximate surface area is 101 Å². The van der Waals surface area contributed by atoms with Crippen LogP contribution in [0.25, 0.3) is 0 Å². The van der Waals surface area contributed by atoms with Crippen molar-refractivity contribution in [2.24, 2.45) is 0 Å². The Bertz CT molecular complexity index is 506. The molecule has 0 aliphatic heterocycles. The first kappa shape index (κ1) is 11.0. The van der Waals surface area contributed by atoms with Gasteiger partial charge in [0.15, 0.2) is 0 Å². The Morgan fingerprint density at radius 3 is 2.31 bits per heavy atom. The van der Waals surface area contributed by atoms with Crippen molar-refractivity contribution in [2.45, 2.75) is 13.8 Å². The second-order valence-electron chi connectivity index (χ2n) is 3.85. The predicted octanol–water partition coefficient (Wildman–Crippen LogP) is 4.70. The molecule has 0 aromatic heterocycles. The van der Waals surface area contributed by atoms with Gasteiger partial charge in [0.25, 0.3) is 0 Å². The van der Waals surface area contributed by atoms with Crippen LogP contribution in [0, 0.1) is 13.8 Å². The molecule has 0 atom stereocenters. The minimum atomic E-state index is 0.790. The first-order valence-electron chi connectivity index (χ1n) is 5.26. The molecule has 0 spiro atoms. The minimum absolute atomic E-state index is 0.790. The van der Waals surface area contributed by atoms with Gasteiger partial charge in [-0.25, -0.2) is 0 Å². The third-order valence-electron chi connectivity index (χ3n) is 2.68. The maximum atomic E-state index is 6.08. The van der Waals surface area contributed by atoms with Gasteiger partial charge >= 0.3 is 0 Å². The zero-order chi connectivity index (χ0) is 11.5. The number of halogens is 1. The molecule has 2 rings (SSSR count). The first-order chi connectivity index (χ1) is 7.68. The van der Waals surface area contributed by atoms with E-state index in [9.17, 15) is 0 Å². The molecule has 0 aliphatic carbocycles. The van der Waals surface area contributed by atoms with Crippen molar-refractivity contribution < 1.29 is 0 Å². The van der Waals surface area contributed by atoms with Crippen LogP contribution >= 0.6 is 11.6 Å². The van der Waals surface area contributed by atoms with E-state index >= 15 is 0 Å². The number of nitrogens with one attached hydrogen (secondary N) is 1. The van der Waals surface area contributed by atoms with E-state index in [1.165, 1.54) is 5.56 Å². The van der Waals surface area contributed by atoms with Crippen LogP contribution in [-0.4, -0.2) is 0 Å². The standard InChI is InChI=1S/C14H14ClN/c1-10-6-3-4-8-13(10)16-14-9-5-7-12(15)11(14)2/h3-9,16H,1-2H3. The number of hydrogen-bond acceptors (Lipinski definition) is 1. The van der Waals surface area contributed by atoms with Crippen LogP contribution in [0.3, 0.4) is 0 Å². The number of anilines is 2. The van der Waals surface area contributed by atoms with E-state index in [0.29, 0.717) is 0 Å². The fourth-order valence-electron chi connectivity index (χ4n) is 1.60. The van der Waals surface area contributed by atoms with Gasteiger partial charge in [0, 0.05) is 16.4 Å². The van der Waals surface area contributed by atoms with Crippen molar-refractivity contribution in [1.82, 2.24) is 0 Å². The molecule has 2 aromatic rings. The summed E-state index contributed by atoms with van der Waals surface area (Å²) >= 11 is 6.08. The lowest BCUT2D eigenvalue weighted by Crippen LogP contribution is -1.95. The second-order valence-corrected chi connectivity index (χ2v) is 4.26. The molecule has 0 fully saturated rings. The summed E-state index contributed by atoms with van der Waals surface area (Å²) in [5, 5.41) is 4.19. The molecule has 0 radical (unpaired) electrons. The van der Waals surface area contributed by atoms with Crippen LogP contribution in [0.5, 0.6) is 0 Å². The highest BCUT2D eigenvalue weighted by molar-refractivity contribution is 6.31. The summed E-state index contributed by atoms with van der Waals surface area (Å²) in [6.07, 6.45) is 0. The van der Waals surface area contributed by atoms with Crippen molar-refractivity contribution in [2.75, 3.05) is 5.32 Å². The highest BCUT2D eigenvalue weighted by Crippen LogP contribution is 2.27. The van der Waals surface area contributed by atoms with Crippen LogP contribution in [-0.2, 0) is 0 Å². The second kappa shape index (κ2) is 4.58. The molecule has 2 aromatic carbocycles. The van der Waals surface area contributed by atoms with Crippen LogP contribution < -0.4 is 5.32 Å². The van der Waals surface area contributed by atoms with E-state index in [2.05, 4.69) is 24.4 Å². The maximum absolute atomic E-state index is 6.08. The zero-order valence-corrected chi connectivity index (χ0v) is 10.2. The zero-order valence-electron chi connectivity index (χ0n) is 9.42. The number of benzene rings is 2. The monoisotopic (exact) mass is 231 g/mol. The number of rotatable bonds is 2. The molecular formula is C14H14ClN.